The molecule has 0 heterocycles. The van der Waals surface area contributed by atoms with Crippen LogP contribution in [0.2, 0.25) is 0 Å². The topological polar surface area (TPSA) is 89.9 Å². The van der Waals surface area contributed by atoms with E-state index in [1.807, 2.05) is 6.92 Å². The van der Waals surface area contributed by atoms with Gasteiger partial charge < -0.3 is 14.6 Å². The van der Waals surface area contributed by atoms with Crippen molar-refractivity contribution in [1.82, 2.24) is 0 Å². The molecule has 0 bridgehead atoms. The van der Waals surface area contributed by atoms with Crippen molar-refractivity contribution < 1.29 is 29.0 Å². The molecule has 0 aromatic heterocycles. The maximum Gasteiger partial charge on any atom is 0.308 e. The van der Waals surface area contributed by atoms with Crippen molar-refractivity contribution in [2.24, 2.45) is 52.3 Å². The van der Waals surface area contributed by atoms with Gasteiger partial charge in [-0.3, -0.25) is 14.4 Å². The Morgan fingerprint density at radius 3 is 2.56 bits per heavy atom. The fourth-order valence-electron chi connectivity index (χ4n) is 8.99. The Bertz CT molecular complexity index is 809. The Labute approximate surface area is 204 Å². The van der Waals surface area contributed by atoms with Gasteiger partial charge in [-0.2, -0.15) is 0 Å². The molecule has 4 aliphatic rings. The lowest BCUT2D eigenvalue weighted by Gasteiger charge is -2.61. The smallest absolute Gasteiger partial charge is 0.308 e. The van der Waals surface area contributed by atoms with Gasteiger partial charge in [-0.25, -0.2) is 0 Å². The number of ketones is 1. The normalized spacial score (nSPS) is 44.4. The van der Waals surface area contributed by atoms with Crippen molar-refractivity contribution >= 4 is 17.7 Å². The highest BCUT2D eigenvalue weighted by Gasteiger charge is 2.66. The molecule has 0 unspecified atom stereocenters. The van der Waals surface area contributed by atoms with Crippen LogP contribution >= 0.6 is 0 Å². The van der Waals surface area contributed by atoms with Gasteiger partial charge in [0.2, 0.25) is 0 Å². The fourth-order valence-corrected chi connectivity index (χ4v) is 8.99. The maximum atomic E-state index is 13.7. The first-order chi connectivity index (χ1) is 16.1. The van der Waals surface area contributed by atoms with E-state index in [0.29, 0.717) is 43.5 Å². The molecule has 0 aromatic carbocycles. The van der Waals surface area contributed by atoms with E-state index in [-0.39, 0.29) is 52.4 Å². The van der Waals surface area contributed by atoms with Crippen LogP contribution in [-0.4, -0.2) is 42.6 Å². The van der Waals surface area contributed by atoms with Crippen LogP contribution < -0.4 is 0 Å². The predicted molar refractivity (Wildman–Crippen MR) is 128 cm³/mol. The lowest BCUT2D eigenvalue weighted by atomic mass is 9.43. The molecular formula is C28H44O6. The highest BCUT2D eigenvalue weighted by molar-refractivity contribution is 5.84. The minimum atomic E-state index is -0.446. The molecule has 0 aliphatic heterocycles. The second kappa shape index (κ2) is 9.55. The third-order valence-corrected chi connectivity index (χ3v) is 11.0. The monoisotopic (exact) mass is 476 g/mol. The predicted octanol–water partition coefficient (Wildman–Crippen LogP) is 4.56. The van der Waals surface area contributed by atoms with Crippen LogP contribution in [0.3, 0.4) is 0 Å². The summed E-state index contributed by atoms with van der Waals surface area (Å²) in [7, 11) is 1.42. The summed E-state index contributed by atoms with van der Waals surface area (Å²) in [6, 6.07) is 0. The van der Waals surface area contributed by atoms with Gasteiger partial charge in [0.15, 0.2) is 0 Å². The highest BCUT2D eigenvalue weighted by Crippen LogP contribution is 2.68. The van der Waals surface area contributed by atoms with Crippen molar-refractivity contribution in [2.75, 3.05) is 13.7 Å². The molecule has 10 atom stereocenters. The van der Waals surface area contributed by atoms with Gasteiger partial charge in [0, 0.05) is 24.2 Å². The summed E-state index contributed by atoms with van der Waals surface area (Å²) < 4.78 is 10.1. The molecule has 34 heavy (non-hydrogen) atoms. The maximum absolute atomic E-state index is 13.7. The number of aliphatic hydroxyl groups is 1. The van der Waals surface area contributed by atoms with Crippen LogP contribution in [0.1, 0.15) is 85.5 Å². The van der Waals surface area contributed by atoms with Crippen LogP contribution in [0.5, 0.6) is 0 Å². The first-order valence-corrected chi connectivity index (χ1v) is 13.5. The van der Waals surface area contributed by atoms with Gasteiger partial charge in [-0.05, 0) is 86.9 Å². The number of carbonyl (C=O) groups is 3. The molecule has 4 rings (SSSR count). The Kier molecular flexibility index (Phi) is 7.21. The molecule has 0 saturated heterocycles. The van der Waals surface area contributed by atoms with E-state index >= 15 is 0 Å². The number of fused-ring (bicyclic) bond motifs is 5. The first-order valence-electron chi connectivity index (χ1n) is 13.5. The summed E-state index contributed by atoms with van der Waals surface area (Å²) in [6.07, 6.45) is 6.37. The van der Waals surface area contributed by atoms with Gasteiger partial charge in [0.25, 0.3) is 0 Å². The van der Waals surface area contributed by atoms with Gasteiger partial charge >= 0.3 is 11.9 Å². The van der Waals surface area contributed by atoms with E-state index in [2.05, 4.69) is 20.8 Å². The third kappa shape index (κ3) is 4.02. The van der Waals surface area contributed by atoms with Gasteiger partial charge in [0.05, 0.1) is 25.7 Å². The minimum Gasteiger partial charge on any atom is -0.469 e. The van der Waals surface area contributed by atoms with Crippen molar-refractivity contribution in [1.29, 1.82) is 0 Å². The summed E-state index contributed by atoms with van der Waals surface area (Å²) in [6.45, 7) is 8.96. The SMILES string of the molecule is CCOC(=O)[C@H]1CC[C@@]2(C)[C@@H](CC(=O)[C@H]3[C@H]2C[C@@H](O)[C@@]2(C)[C@@H]3CC[C@H]2[C@H](C)CCC(=O)OC)C1. The van der Waals surface area contributed by atoms with E-state index in [9.17, 15) is 19.5 Å². The summed E-state index contributed by atoms with van der Waals surface area (Å²) in [5.41, 5.74) is -0.309. The average Bonchev–Trinajstić information content (AvgIpc) is 3.16. The number of Topliss-reactive ketones (excluding diaryl/α,β-unsaturated/α-hetero) is 1. The number of hydrogen-bond donors (Lipinski definition) is 1. The minimum absolute atomic E-state index is 0.00611. The molecule has 192 valence electrons. The summed E-state index contributed by atoms with van der Waals surface area (Å²) in [5, 5.41) is 11.6. The van der Waals surface area contributed by atoms with Crippen LogP contribution in [0.15, 0.2) is 0 Å². The molecular weight excluding hydrogens is 432 g/mol. The zero-order valence-electron chi connectivity index (χ0n) is 21.7. The third-order valence-electron chi connectivity index (χ3n) is 11.0. The largest absolute Gasteiger partial charge is 0.469 e. The van der Waals surface area contributed by atoms with E-state index in [4.69, 9.17) is 9.47 Å². The molecule has 4 saturated carbocycles. The zero-order chi connectivity index (χ0) is 24.8. The quantitative estimate of drug-likeness (QED) is 0.565. The lowest BCUT2D eigenvalue weighted by Crippen LogP contribution is -2.61. The molecule has 0 amide bonds. The van der Waals surface area contributed by atoms with Crippen LogP contribution in [0, 0.1) is 52.3 Å². The fraction of sp³-hybridized carbons (Fsp3) is 0.893. The van der Waals surface area contributed by atoms with E-state index < -0.39 is 6.10 Å². The Morgan fingerprint density at radius 2 is 1.88 bits per heavy atom. The number of hydrogen-bond acceptors (Lipinski definition) is 6. The number of methoxy groups -OCH3 is 1. The Morgan fingerprint density at radius 1 is 1.15 bits per heavy atom. The number of carbonyl (C=O) groups excluding carboxylic acids is 3. The van der Waals surface area contributed by atoms with Gasteiger partial charge in [-0.15, -0.1) is 0 Å². The number of aliphatic hydroxyl groups excluding tert-OH is 1. The van der Waals surface area contributed by atoms with Crippen molar-refractivity contribution in [3.05, 3.63) is 0 Å². The van der Waals surface area contributed by atoms with E-state index in [1.165, 1.54) is 7.11 Å². The van der Waals surface area contributed by atoms with E-state index in [0.717, 1.165) is 38.5 Å². The first kappa shape index (κ1) is 25.7. The summed E-state index contributed by atoms with van der Waals surface area (Å²) in [5.74, 6) is 1.11. The number of esters is 2. The lowest BCUT2D eigenvalue weighted by molar-refractivity contribution is -0.183. The molecule has 1 N–H and O–H groups in total. The van der Waals surface area contributed by atoms with Crippen LogP contribution in [0.4, 0.5) is 0 Å². The van der Waals surface area contributed by atoms with E-state index in [1.54, 1.807) is 0 Å². The number of ether oxygens (including phenoxy) is 2. The number of rotatable bonds is 6. The summed E-state index contributed by atoms with van der Waals surface area (Å²) >= 11 is 0. The van der Waals surface area contributed by atoms with Crippen LogP contribution in [-0.2, 0) is 23.9 Å². The summed E-state index contributed by atoms with van der Waals surface area (Å²) in [4.78, 5) is 37.8. The molecule has 0 spiro atoms. The van der Waals surface area contributed by atoms with Crippen LogP contribution in [0.25, 0.3) is 0 Å². The second-order valence-corrected chi connectivity index (χ2v) is 12.2. The molecule has 0 aromatic rings. The Balaban J connectivity index is 1.54. The zero-order valence-corrected chi connectivity index (χ0v) is 21.7. The average molecular weight is 477 g/mol. The molecule has 4 aliphatic carbocycles. The highest BCUT2D eigenvalue weighted by atomic mass is 16.5. The van der Waals surface area contributed by atoms with Crippen molar-refractivity contribution in [2.45, 2.75) is 91.6 Å². The standard InChI is InChI=1S/C28H44O6/c1-6-34-26(32)17-11-12-27(3)18(13-17)14-22(29)25-20-9-8-19(16(2)7-10-24(31)33-5)28(20,4)23(30)15-21(25)27/h16-21,23,25,30H,6-15H2,1-5H3/t16-,17+,18-,19+,20-,21-,23-,25-,27+,28-/m1/s1. The van der Waals surface area contributed by atoms with Crippen molar-refractivity contribution in [3.8, 4) is 0 Å². The molecule has 6 heteroatoms. The molecule has 0 radical (unpaired) electrons. The Hall–Kier alpha value is -1.43. The van der Waals surface area contributed by atoms with Gasteiger partial charge in [-0.1, -0.05) is 20.8 Å². The molecule has 4 fully saturated rings. The van der Waals surface area contributed by atoms with Gasteiger partial charge in [0.1, 0.15) is 5.78 Å². The molecule has 6 nitrogen and oxygen atoms in total. The second-order valence-electron chi connectivity index (χ2n) is 12.2. The van der Waals surface area contributed by atoms with Crippen molar-refractivity contribution in [3.63, 3.8) is 0 Å².